The summed E-state index contributed by atoms with van der Waals surface area (Å²) in [6.07, 6.45) is 1.75. The van der Waals surface area contributed by atoms with E-state index in [2.05, 4.69) is 10.3 Å². The lowest BCUT2D eigenvalue weighted by atomic mass is 10.1. The van der Waals surface area contributed by atoms with Crippen molar-refractivity contribution >= 4 is 22.9 Å². The minimum atomic E-state index is -0.383. The largest absolute Gasteiger partial charge is 0.322 e. The van der Waals surface area contributed by atoms with Crippen molar-refractivity contribution in [3.8, 4) is 10.6 Å². The molecule has 1 aromatic heterocycles. The number of halogens is 1. The fraction of sp³-hybridized carbons (Fsp3) is 0.0588. The Kier molecular flexibility index (Phi) is 3.98. The summed E-state index contributed by atoms with van der Waals surface area (Å²) in [5.41, 5.74) is 2.47. The van der Waals surface area contributed by atoms with E-state index in [4.69, 9.17) is 0 Å². The van der Waals surface area contributed by atoms with Crippen LogP contribution in [0.15, 0.2) is 54.0 Å². The molecule has 3 aromatic rings. The third-order valence-electron chi connectivity index (χ3n) is 3.26. The molecule has 0 radical (unpaired) electrons. The van der Waals surface area contributed by atoms with Gasteiger partial charge in [-0.3, -0.25) is 4.79 Å². The van der Waals surface area contributed by atoms with E-state index in [-0.39, 0.29) is 11.7 Å². The SMILES string of the molecule is Cc1ccc(C(=O)Nc2ccc(-c3nccs3)cc2)cc1F. The number of thiazole rings is 1. The van der Waals surface area contributed by atoms with E-state index in [9.17, 15) is 9.18 Å². The summed E-state index contributed by atoms with van der Waals surface area (Å²) < 4.78 is 13.5. The first-order chi connectivity index (χ1) is 10.6. The second kappa shape index (κ2) is 6.07. The average molecular weight is 312 g/mol. The van der Waals surface area contributed by atoms with Gasteiger partial charge in [-0.15, -0.1) is 11.3 Å². The van der Waals surface area contributed by atoms with Gasteiger partial charge in [0.05, 0.1) is 0 Å². The van der Waals surface area contributed by atoms with Gasteiger partial charge in [-0.2, -0.15) is 0 Å². The van der Waals surface area contributed by atoms with Crippen molar-refractivity contribution in [3.63, 3.8) is 0 Å². The quantitative estimate of drug-likeness (QED) is 0.773. The Hall–Kier alpha value is -2.53. The first kappa shape index (κ1) is 14.4. The van der Waals surface area contributed by atoms with Crippen molar-refractivity contribution in [1.82, 2.24) is 4.98 Å². The molecule has 0 bridgehead atoms. The van der Waals surface area contributed by atoms with Crippen molar-refractivity contribution in [2.45, 2.75) is 6.92 Å². The van der Waals surface area contributed by atoms with Crippen LogP contribution in [0.1, 0.15) is 15.9 Å². The molecular weight excluding hydrogens is 299 g/mol. The molecule has 22 heavy (non-hydrogen) atoms. The van der Waals surface area contributed by atoms with E-state index in [1.165, 1.54) is 6.07 Å². The highest BCUT2D eigenvalue weighted by atomic mass is 32.1. The second-order valence-electron chi connectivity index (χ2n) is 4.83. The van der Waals surface area contributed by atoms with Crippen LogP contribution in [0.5, 0.6) is 0 Å². The van der Waals surface area contributed by atoms with Gasteiger partial charge in [-0.1, -0.05) is 6.07 Å². The molecule has 2 aromatic carbocycles. The number of nitrogens with zero attached hydrogens (tertiary/aromatic N) is 1. The Labute approximate surface area is 131 Å². The van der Waals surface area contributed by atoms with Crippen LogP contribution in [0.4, 0.5) is 10.1 Å². The van der Waals surface area contributed by atoms with Gasteiger partial charge in [0.2, 0.25) is 0 Å². The zero-order valence-electron chi connectivity index (χ0n) is 11.8. The summed E-state index contributed by atoms with van der Waals surface area (Å²) in [5, 5.41) is 5.60. The van der Waals surface area contributed by atoms with Crippen molar-refractivity contribution in [3.05, 3.63) is 71.0 Å². The summed E-state index contributed by atoms with van der Waals surface area (Å²) in [6.45, 7) is 1.66. The Morgan fingerprint density at radius 1 is 1.18 bits per heavy atom. The fourth-order valence-electron chi connectivity index (χ4n) is 2.00. The lowest BCUT2D eigenvalue weighted by Gasteiger charge is -2.07. The maximum Gasteiger partial charge on any atom is 0.255 e. The third-order valence-corrected chi connectivity index (χ3v) is 4.08. The fourth-order valence-corrected chi connectivity index (χ4v) is 2.64. The molecule has 5 heteroatoms. The number of benzene rings is 2. The lowest BCUT2D eigenvalue weighted by Crippen LogP contribution is -2.12. The van der Waals surface area contributed by atoms with Crippen LogP contribution in [0.3, 0.4) is 0 Å². The van der Waals surface area contributed by atoms with E-state index in [0.29, 0.717) is 16.8 Å². The topological polar surface area (TPSA) is 42.0 Å². The molecule has 0 fully saturated rings. The van der Waals surface area contributed by atoms with Gasteiger partial charge < -0.3 is 5.32 Å². The molecule has 110 valence electrons. The molecular formula is C17H13FN2OS. The maximum absolute atomic E-state index is 13.5. The van der Waals surface area contributed by atoms with E-state index in [1.807, 2.05) is 17.5 Å². The number of anilines is 1. The summed E-state index contributed by atoms with van der Waals surface area (Å²) in [7, 11) is 0. The van der Waals surface area contributed by atoms with E-state index < -0.39 is 0 Å². The standard InChI is InChI=1S/C17H13FN2OS/c1-11-2-3-13(10-15(11)18)16(21)20-14-6-4-12(5-7-14)17-19-8-9-22-17/h2-10H,1H3,(H,20,21). The molecule has 3 rings (SSSR count). The zero-order chi connectivity index (χ0) is 15.5. The summed E-state index contributed by atoms with van der Waals surface area (Å²) >= 11 is 1.56. The second-order valence-corrected chi connectivity index (χ2v) is 5.73. The Morgan fingerprint density at radius 3 is 2.59 bits per heavy atom. The van der Waals surface area contributed by atoms with Crippen LogP contribution in [0.25, 0.3) is 10.6 Å². The van der Waals surface area contributed by atoms with Gasteiger partial charge in [0, 0.05) is 28.4 Å². The minimum absolute atomic E-state index is 0.298. The van der Waals surface area contributed by atoms with Gasteiger partial charge in [0.25, 0.3) is 5.91 Å². The first-order valence-corrected chi connectivity index (χ1v) is 7.59. The predicted octanol–water partition coefficient (Wildman–Crippen LogP) is 4.51. The molecule has 1 amide bonds. The number of carbonyl (C=O) groups excluding carboxylic acids is 1. The maximum atomic E-state index is 13.5. The molecule has 0 aliphatic heterocycles. The Balaban J connectivity index is 1.75. The van der Waals surface area contributed by atoms with Crippen molar-refractivity contribution in [2.24, 2.45) is 0 Å². The minimum Gasteiger partial charge on any atom is -0.322 e. The molecule has 0 saturated heterocycles. The summed E-state index contributed by atoms with van der Waals surface area (Å²) in [4.78, 5) is 16.3. The highest BCUT2D eigenvalue weighted by molar-refractivity contribution is 7.13. The monoisotopic (exact) mass is 312 g/mol. The summed E-state index contributed by atoms with van der Waals surface area (Å²) in [5.74, 6) is -0.715. The Bertz CT molecular complexity index is 798. The van der Waals surface area contributed by atoms with E-state index in [0.717, 1.165) is 10.6 Å². The molecule has 0 aliphatic carbocycles. The average Bonchev–Trinajstić information content (AvgIpc) is 3.05. The van der Waals surface area contributed by atoms with E-state index >= 15 is 0 Å². The van der Waals surface area contributed by atoms with Crippen LogP contribution in [-0.2, 0) is 0 Å². The number of aryl methyl sites for hydroxylation is 1. The lowest BCUT2D eigenvalue weighted by molar-refractivity contribution is 0.102. The first-order valence-electron chi connectivity index (χ1n) is 6.71. The van der Waals surface area contributed by atoms with Crippen molar-refractivity contribution in [1.29, 1.82) is 0 Å². The van der Waals surface area contributed by atoms with Gasteiger partial charge in [0.15, 0.2) is 0 Å². The van der Waals surface area contributed by atoms with Crippen LogP contribution in [0.2, 0.25) is 0 Å². The van der Waals surface area contributed by atoms with Crippen molar-refractivity contribution < 1.29 is 9.18 Å². The van der Waals surface area contributed by atoms with Crippen LogP contribution in [0, 0.1) is 12.7 Å². The normalized spacial score (nSPS) is 10.5. The molecule has 0 saturated carbocycles. The van der Waals surface area contributed by atoms with Gasteiger partial charge in [-0.05, 0) is 48.9 Å². The highest BCUT2D eigenvalue weighted by Gasteiger charge is 2.09. The van der Waals surface area contributed by atoms with Gasteiger partial charge in [-0.25, -0.2) is 9.37 Å². The number of aromatic nitrogens is 1. The molecule has 0 atom stereocenters. The molecule has 0 unspecified atom stereocenters. The zero-order valence-corrected chi connectivity index (χ0v) is 12.7. The predicted molar refractivity (Wildman–Crippen MR) is 86.6 cm³/mol. The number of rotatable bonds is 3. The van der Waals surface area contributed by atoms with Crippen LogP contribution in [-0.4, -0.2) is 10.9 Å². The van der Waals surface area contributed by atoms with Crippen LogP contribution < -0.4 is 5.32 Å². The molecule has 3 nitrogen and oxygen atoms in total. The number of hydrogen-bond donors (Lipinski definition) is 1. The smallest absolute Gasteiger partial charge is 0.255 e. The highest BCUT2D eigenvalue weighted by Crippen LogP contribution is 2.23. The van der Waals surface area contributed by atoms with Crippen molar-refractivity contribution in [2.75, 3.05) is 5.32 Å². The molecule has 1 N–H and O–H groups in total. The molecule has 1 heterocycles. The Morgan fingerprint density at radius 2 is 1.95 bits per heavy atom. The number of hydrogen-bond acceptors (Lipinski definition) is 3. The molecule has 0 aliphatic rings. The molecule has 0 spiro atoms. The number of amides is 1. The number of nitrogens with one attached hydrogen (secondary N) is 1. The van der Waals surface area contributed by atoms with Gasteiger partial charge in [0.1, 0.15) is 10.8 Å². The van der Waals surface area contributed by atoms with Crippen LogP contribution >= 0.6 is 11.3 Å². The third kappa shape index (κ3) is 3.04. The summed E-state index contributed by atoms with van der Waals surface area (Å²) in [6, 6.07) is 11.8. The van der Waals surface area contributed by atoms with Gasteiger partial charge >= 0.3 is 0 Å². The number of carbonyl (C=O) groups is 1. The van der Waals surface area contributed by atoms with E-state index in [1.54, 1.807) is 48.7 Å².